The van der Waals surface area contributed by atoms with Crippen molar-refractivity contribution in [1.82, 2.24) is 0 Å². The number of hydrogen-bond acceptors (Lipinski definition) is 4. The molecule has 0 aliphatic heterocycles. The first-order valence-electron chi connectivity index (χ1n) is 3.47. The summed E-state index contributed by atoms with van der Waals surface area (Å²) in [6.45, 7) is 0. The fraction of sp³-hybridized carbons (Fsp3) is 1.00. The van der Waals surface area contributed by atoms with E-state index in [0.717, 1.165) is 0 Å². The van der Waals surface area contributed by atoms with Crippen molar-refractivity contribution in [2.24, 2.45) is 0 Å². The molecule has 1 fully saturated rings. The van der Waals surface area contributed by atoms with Crippen molar-refractivity contribution in [3.8, 4) is 0 Å². The van der Waals surface area contributed by atoms with Gasteiger partial charge in [0.1, 0.15) is 24.4 Å². The van der Waals surface area contributed by atoms with Crippen LogP contribution in [0.1, 0.15) is 0 Å². The molecule has 4 N–H and O–H groups in total. The summed E-state index contributed by atoms with van der Waals surface area (Å²) in [5.41, 5.74) is 0. The zero-order chi connectivity index (χ0) is 9.46. The van der Waals surface area contributed by atoms with Crippen molar-refractivity contribution in [2.45, 2.75) is 35.2 Å². The SMILES string of the molecule is O[C@@H]1[C@@H](O)[C@H](O)[C@H](Cl)[C@H](Cl)[C@H]1O. The number of hydrogen-bond donors (Lipinski definition) is 4. The largest absolute Gasteiger partial charge is 0.389 e. The van der Waals surface area contributed by atoms with E-state index in [-0.39, 0.29) is 0 Å². The van der Waals surface area contributed by atoms with Gasteiger partial charge in [-0.2, -0.15) is 0 Å². The van der Waals surface area contributed by atoms with E-state index in [1.807, 2.05) is 0 Å². The second-order valence-corrected chi connectivity index (χ2v) is 3.86. The Morgan fingerprint density at radius 1 is 0.583 bits per heavy atom. The number of rotatable bonds is 0. The molecule has 12 heavy (non-hydrogen) atoms. The van der Waals surface area contributed by atoms with Crippen molar-refractivity contribution in [3.05, 3.63) is 0 Å². The Labute approximate surface area is 79.3 Å². The van der Waals surface area contributed by atoms with Crippen molar-refractivity contribution in [1.29, 1.82) is 0 Å². The van der Waals surface area contributed by atoms with Gasteiger partial charge < -0.3 is 20.4 Å². The quantitative estimate of drug-likeness (QED) is 0.378. The highest BCUT2D eigenvalue weighted by Crippen LogP contribution is 2.28. The maximum Gasteiger partial charge on any atom is 0.110 e. The van der Waals surface area contributed by atoms with Crippen LogP contribution >= 0.6 is 23.2 Å². The van der Waals surface area contributed by atoms with Crippen molar-refractivity contribution < 1.29 is 20.4 Å². The minimum absolute atomic E-state index is 0.958. The molecule has 1 aliphatic carbocycles. The molecule has 72 valence electrons. The highest BCUT2D eigenvalue weighted by atomic mass is 35.5. The van der Waals surface area contributed by atoms with E-state index in [4.69, 9.17) is 43.6 Å². The second-order valence-electron chi connectivity index (χ2n) is 2.85. The summed E-state index contributed by atoms with van der Waals surface area (Å²) in [4.78, 5) is 0. The summed E-state index contributed by atoms with van der Waals surface area (Å²) in [5.74, 6) is 0. The average Bonchev–Trinajstić information content (AvgIpc) is 2.08. The van der Waals surface area contributed by atoms with E-state index < -0.39 is 35.2 Å². The fourth-order valence-electron chi connectivity index (χ4n) is 1.16. The van der Waals surface area contributed by atoms with Gasteiger partial charge in [-0.15, -0.1) is 23.2 Å². The maximum absolute atomic E-state index is 9.17. The predicted octanol–water partition coefficient (Wildman–Crippen LogP) is -1.34. The van der Waals surface area contributed by atoms with Crippen LogP contribution < -0.4 is 0 Å². The molecule has 0 aromatic heterocycles. The molecule has 1 aliphatic rings. The summed E-state index contributed by atoms with van der Waals surface area (Å²) >= 11 is 11.1. The molecule has 6 atom stereocenters. The molecule has 0 saturated heterocycles. The van der Waals surface area contributed by atoms with Gasteiger partial charge in [-0.3, -0.25) is 0 Å². The first-order valence-corrected chi connectivity index (χ1v) is 4.34. The van der Waals surface area contributed by atoms with E-state index in [2.05, 4.69) is 0 Å². The lowest BCUT2D eigenvalue weighted by Gasteiger charge is -2.38. The Bertz CT molecular complexity index is 109. The molecule has 0 unspecified atom stereocenters. The van der Waals surface area contributed by atoms with Crippen LogP contribution in [-0.4, -0.2) is 55.6 Å². The van der Waals surface area contributed by atoms with Gasteiger partial charge in [0.2, 0.25) is 0 Å². The third kappa shape index (κ3) is 1.55. The molecule has 0 aromatic carbocycles. The highest BCUT2D eigenvalue weighted by molar-refractivity contribution is 6.30. The minimum Gasteiger partial charge on any atom is -0.389 e. The molecule has 4 nitrogen and oxygen atoms in total. The van der Waals surface area contributed by atoms with E-state index in [9.17, 15) is 0 Å². The minimum atomic E-state index is -1.45. The Balaban J connectivity index is 2.76. The molecule has 1 rings (SSSR count). The molecule has 1 saturated carbocycles. The van der Waals surface area contributed by atoms with Crippen molar-refractivity contribution in [2.75, 3.05) is 0 Å². The molecule has 0 aromatic rings. The van der Waals surface area contributed by atoms with Gasteiger partial charge in [0.25, 0.3) is 0 Å². The van der Waals surface area contributed by atoms with Crippen LogP contribution in [0, 0.1) is 0 Å². The zero-order valence-corrected chi connectivity index (χ0v) is 7.52. The van der Waals surface area contributed by atoms with Crippen LogP contribution in [-0.2, 0) is 0 Å². The summed E-state index contributed by atoms with van der Waals surface area (Å²) < 4.78 is 0. The Kier molecular flexibility index (Phi) is 3.20. The lowest BCUT2D eigenvalue weighted by molar-refractivity contribution is -0.131. The molecular formula is C6H10Cl2O4. The van der Waals surface area contributed by atoms with E-state index in [0.29, 0.717) is 0 Å². The third-order valence-corrected chi connectivity index (χ3v) is 3.19. The van der Waals surface area contributed by atoms with E-state index in [1.54, 1.807) is 0 Å². The lowest BCUT2D eigenvalue weighted by atomic mass is 9.89. The fourth-order valence-corrected chi connectivity index (χ4v) is 1.75. The molecule has 0 heterocycles. The van der Waals surface area contributed by atoms with Gasteiger partial charge in [0, 0.05) is 0 Å². The summed E-state index contributed by atoms with van der Waals surface area (Å²) in [6, 6.07) is 0. The smallest absolute Gasteiger partial charge is 0.110 e. The predicted molar refractivity (Wildman–Crippen MR) is 43.3 cm³/mol. The van der Waals surface area contributed by atoms with Crippen LogP contribution in [0.5, 0.6) is 0 Å². The molecule has 6 heteroatoms. The zero-order valence-electron chi connectivity index (χ0n) is 6.01. The van der Waals surface area contributed by atoms with Crippen LogP contribution in [0.25, 0.3) is 0 Å². The van der Waals surface area contributed by atoms with Gasteiger partial charge in [-0.25, -0.2) is 0 Å². The van der Waals surface area contributed by atoms with Gasteiger partial charge in [0.15, 0.2) is 0 Å². The van der Waals surface area contributed by atoms with Crippen LogP contribution in [0.2, 0.25) is 0 Å². The number of alkyl halides is 2. The monoisotopic (exact) mass is 216 g/mol. The number of aliphatic hydroxyl groups is 4. The van der Waals surface area contributed by atoms with Gasteiger partial charge in [0.05, 0.1) is 10.8 Å². The summed E-state index contributed by atoms with van der Waals surface area (Å²) in [7, 11) is 0. The molecule has 0 radical (unpaired) electrons. The first-order chi connectivity index (χ1) is 5.46. The summed E-state index contributed by atoms with van der Waals surface area (Å²) in [6.07, 6.45) is -5.52. The molecule has 0 bridgehead atoms. The normalized spacial score (nSPS) is 55.5. The third-order valence-electron chi connectivity index (χ3n) is 2.01. The van der Waals surface area contributed by atoms with E-state index in [1.165, 1.54) is 0 Å². The van der Waals surface area contributed by atoms with E-state index >= 15 is 0 Å². The van der Waals surface area contributed by atoms with Crippen LogP contribution in [0.15, 0.2) is 0 Å². The van der Waals surface area contributed by atoms with Gasteiger partial charge in [-0.1, -0.05) is 0 Å². The maximum atomic E-state index is 9.17. The van der Waals surface area contributed by atoms with Crippen LogP contribution in [0.4, 0.5) is 0 Å². The topological polar surface area (TPSA) is 80.9 Å². The van der Waals surface area contributed by atoms with Crippen LogP contribution in [0.3, 0.4) is 0 Å². The lowest BCUT2D eigenvalue weighted by Crippen LogP contribution is -2.60. The number of aliphatic hydroxyl groups excluding tert-OH is 4. The Morgan fingerprint density at radius 3 is 1.08 bits per heavy atom. The van der Waals surface area contributed by atoms with Crippen molar-refractivity contribution >= 4 is 23.2 Å². The highest BCUT2D eigenvalue weighted by Gasteiger charge is 2.47. The Morgan fingerprint density at radius 2 is 0.833 bits per heavy atom. The molecule has 0 amide bonds. The first kappa shape index (κ1) is 10.5. The summed E-state index contributed by atoms with van der Waals surface area (Å²) in [5, 5.41) is 34.6. The molecule has 0 spiro atoms. The Hall–Kier alpha value is 0.420. The van der Waals surface area contributed by atoms with Gasteiger partial charge in [-0.05, 0) is 0 Å². The average molecular weight is 217 g/mol. The standard InChI is InChI=1S/C6H10Cl2O4/c7-1-2(8)4(10)6(12)5(11)3(1)9/h1-6,9-12H/t1-,2+,3-,4-,5+,6+/m1/s1. The second kappa shape index (κ2) is 3.65. The number of halogens is 2. The van der Waals surface area contributed by atoms with Gasteiger partial charge >= 0.3 is 0 Å². The molecular weight excluding hydrogens is 207 g/mol. The van der Waals surface area contributed by atoms with Crippen molar-refractivity contribution in [3.63, 3.8) is 0 Å².